The Labute approximate surface area is 267 Å². The van der Waals surface area contributed by atoms with E-state index in [0.29, 0.717) is 18.4 Å². The second-order valence-electron chi connectivity index (χ2n) is 10.2. The molecule has 1 aromatic heterocycles. The number of benzene rings is 2. The second-order valence-corrected chi connectivity index (χ2v) is 11.8. The van der Waals surface area contributed by atoms with Crippen molar-refractivity contribution in [1.29, 1.82) is 0 Å². The van der Waals surface area contributed by atoms with Crippen molar-refractivity contribution in [1.82, 2.24) is 19.5 Å². The van der Waals surface area contributed by atoms with Crippen LogP contribution in [0.4, 0.5) is 22.8 Å². The Bertz CT molecular complexity index is 1700. The number of nitrogens with zero attached hydrogens (tertiary/aromatic N) is 5. The van der Waals surface area contributed by atoms with Gasteiger partial charge in [0.25, 0.3) is 16.3 Å². The van der Waals surface area contributed by atoms with Crippen LogP contribution in [0.15, 0.2) is 64.8 Å². The van der Waals surface area contributed by atoms with Crippen LogP contribution in [-0.4, -0.2) is 72.5 Å². The first kappa shape index (κ1) is 34.8. The summed E-state index contributed by atoms with van der Waals surface area (Å²) in [6, 6.07) is 11.7. The Balaban J connectivity index is 1.39. The zero-order valence-corrected chi connectivity index (χ0v) is 26.2. The second kappa shape index (κ2) is 14.6. The van der Waals surface area contributed by atoms with Gasteiger partial charge in [-0.15, -0.1) is 5.01 Å². The van der Waals surface area contributed by atoms with Gasteiger partial charge in [0.05, 0.1) is 34.4 Å². The number of aromatic nitrogens is 2. The molecule has 2 atom stereocenters. The van der Waals surface area contributed by atoms with E-state index in [-0.39, 0.29) is 41.0 Å². The molecule has 0 radical (unpaired) electrons. The number of sulfonamides is 1. The summed E-state index contributed by atoms with van der Waals surface area (Å²) in [6.07, 6.45) is -7.37. The Morgan fingerprint density at radius 1 is 1.15 bits per heavy atom. The highest BCUT2D eigenvalue weighted by molar-refractivity contribution is 7.90. The molecule has 0 saturated carbocycles. The average Bonchev–Trinajstić information content (AvgIpc) is 3.67. The highest BCUT2D eigenvalue weighted by Gasteiger charge is 2.36. The van der Waals surface area contributed by atoms with Crippen molar-refractivity contribution in [2.24, 2.45) is 5.28 Å². The van der Waals surface area contributed by atoms with Crippen LogP contribution < -0.4 is 4.72 Å². The predicted octanol–water partition coefficient (Wildman–Crippen LogP) is 5.07. The number of halogens is 3. The Morgan fingerprint density at radius 3 is 2.47 bits per heavy atom. The molecule has 1 fully saturated rings. The summed E-state index contributed by atoms with van der Waals surface area (Å²) < 4.78 is 83.4. The molecule has 19 heteroatoms. The topological polar surface area (TPSA) is 177 Å². The number of carbonyl (C=O) groups excluding carboxylic acids is 2. The van der Waals surface area contributed by atoms with E-state index < -0.39 is 46.5 Å². The molecule has 0 bridgehead atoms. The van der Waals surface area contributed by atoms with E-state index in [1.54, 1.807) is 35.9 Å². The fourth-order valence-electron chi connectivity index (χ4n) is 4.46. The third-order valence-corrected chi connectivity index (χ3v) is 8.05. The predicted molar refractivity (Wildman–Crippen MR) is 155 cm³/mol. The smallest absolute Gasteiger partial charge is 0.511 e. The maximum absolute atomic E-state index is 13.5. The van der Waals surface area contributed by atoms with Crippen molar-refractivity contribution in [3.8, 4) is 16.9 Å². The van der Waals surface area contributed by atoms with Crippen molar-refractivity contribution in [2.45, 2.75) is 57.0 Å². The number of alkyl halides is 3. The van der Waals surface area contributed by atoms with Crippen LogP contribution in [-0.2, 0) is 35.2 Å². The number of nitrogens with one attached hydrogen (secondary N) is 1. The van der Waals surface area contributed by atoms with Gasteiger partial charge in [0.1, 0.15) is 12.6 Å². The molecule has 4 rings (SSSR count). The van der Waals surface area contributed by atoms with Crippen molar-refractivity contribution in [3.05, 3.63) is 71.1 Å². The van der Waals surface area contributed by atoms with E-state index in [1.165, 1.54) is 24.1 Å². The Kier molecular flexibility index (Phi) is 10.8. The molecule has 0 spiro atoms. The minimum Gasteiger partial charge on any atom is -0.569 e. The maximum Gasteiger partial charge on any atom is 0.511 e. The normalized spacial score (nSPS) is 16.0. The van der Waals surface area contributed by atoms with E-state index in [2.05, 4.69) is 15.1 Å². The summed E-state index contributed by atoms with van der Waals surface area (Å²) >= 11 is 0. The van der Waals surface area contributed by atoms with Crippen LogP contribution in [0.1, 0.15) is 37.9 Å². The lowest BCUT2D eigenvalue weighted by Crippen LogP contribution is -2.40. The molecular formula is C28H31F3N6O9S. The van der Waals surface area contributed by atoms with Gasteiger partial charge in [-0.3, -0.25) is 4.84 Å². The molecule has 15 nitrogen and oxygen atoms in total. The van der Waals surface area contributed by atoms with Crippen molar-refractivity contribution < 1.29 is 55.2 Å². The van der Waals surface area contributed by atoms with Crippen LogP contribution in [0.2, 0.25) is 0 Å². The van der Waals surface area contributed by atoms with Gasteiger partial charge in [0, 0.05) is 12.5 Å². The number of hydrazine groups is 1. The molecule has 1 N–H and O–H groups in total. The summed E-state index contributed by atoms with van der Waals surface area (Å²) in [5.41, 5.74) is 0.496. The molecule has 2 heterocycles. The van der Waals surface area contributed by atoms with Crippen LogP contribution >= 0.6 is 0 Å². The Hall–Kier alpha value is -5.07. The van der Waals surface area contributed by atoms with Gasteiger partial charge in [-0.1, -0.05) is 29.8 Å². The van der Waals surface area contributed by atoms with Gasteiger partial charge in [-0.2, -0.15) is 18.3 Å². The molecule has 1 saturated heterocycles. The summed E-state index contributed by atoms with van der Waals surface area (Å²) in [7, 11) is -4.46. The monoisotopic (exact) mass is 684 g/mol. The summed E-state index contributed by atoms with van der Waals surface area (Å²) in [5.74, 6) is 0. The third-order valence-electron chi connectivity index (χ3n) is 6.72. The lowest BCUT2D eigenvalue weighted by atomic mass is 10.1. The molecule has 3 aromatic rings. The lowest BCUT2D eigenvalue weighted by Gasteiger charge is -2.20. The Morgan fingerprint density at radius 2 is 1.83 bits per heavy atom. The number of hydrogen-bond acceptors (Lipinski definition) is 11. The molecular weight excluding hydrogens is 653 g/mol. The number of ether oxygens (including phenoxy) is 3. The number of amides is 1. The van der Waals surface area contributed by atoms with E-state index >= 15 is 0 Å². The largest absolute Gasteiger partial charge is 0.569 e. The van der Waals surface area contributed by atoms with Crippen molar-refractivity contribution in [3.63, 3.8) is 0 Å². The standard InChI is InChI=1S/C28H31F3N6O9S/c1-4-43-27(39)45-19(3)46-34-37(40)35-15-5-6-22(35)17-44-26(38)33-47(41,42)23-13-11-21(12-14-23)36-24(16-25(32-36)28(29,30)31)20-9-7-18(2)8-10-20/h7-14,16,19,22H,4-6,15,17H2,1-3H3,(H,33,38)/b37-34-/t19?,22-/m0/s1. The first-order valence-corrected chi connectivity index (χ1v) is 15.6. The lowest BCUT2D eigenvalue weighted by molar-refractivity contribution is -0.716. The quantitative estimate of drug-likeness (QED) is 0.0938. The first-order valence-electron chi connectivity index (χ1n) is 14.2. The van der Waals surface area contributed by atoms with Gasteiger partial charge in [-0.05, 0) is 57.0 Å². The highest BCUT2D eigenvalue weighted by atomic mass is 32.2. The third kappa shape index (κ3) is 9.02. The number of hydrogen-bond donors (Lipinski definition) is 1. The van der Waals surface area contributed by atoms with Gasteiger partial charge in [0.15, 0.2) is 5.69 Å². The van der Waals surface area contributed by atoms with Gasteiger partial charge >= 0.3 is 18.4 Å². The number of aryl methyl sites for hydroxylation is 1. The molecule has 1 aliphatic rings. The van der Waals surface area contributed by atoms with Crippen LogP contribution in [0.25, 0.3) is 16.9 Å². The van der Waals surface area contributed by atoms with Gasteiger partial charge < -0.3 is 19.4 Å². The zero-order chi connectivity index (χ0) is 34.4. The van der Waals surface area contributed by atoms with E-state index in [9.17, 15) is 36.4 Å². The summed E-state index contributed by atoms with van der Waals surface area (Å²) in [5, 5.41) is 20.6. The van der Waals surface area contributed by atoms with Gasteiger partial charge in [0.2, 0.25) is 5.28 Å². The van der Waals surface area contributed by atoms with Crippen LogP contribution in [0.5, 0.6) is 0 Å². The van der Waals surface area contributed by atoms with Gasteiger partial charge in [-0.25, -0.2) is 27.4 Å². The van der Waals surface area contributed by atoms with Crippen molar-refractivity contribution >= 4 is 22.3 Å². The molecule has 47 heavy (non-hydrogen) atoms. The molecule has 1 unspecified atom stereocenters. The zero-order valence-electron chi connectivity index (χ0n) is 25.3. The van der Waals surface area contributed by atoms with E-state index in [1.807, 2.05) is 6.92 Å². The minimum atomic E-state index is -4.72. The fraction of sp³-hybridized carbons (Fsp3) is 0.393. The summed E-state index contributed by atoms with van der Waals surface area (Å²) in [4.78, 5) is 28.3. The molecule has 0 aliphatic carbocycles. The maximum atomic E-state index is 13.5. The van der Waals surface area contributed by atoms with E-state index in [0.717, 1.165) is 28.4 Å². The molecule has 1 amide bonds. The average molecular weight is 685 g/mol. The fourth-order valence-corrected chi connectivity index (χ4v) is 5.35. The first-order chi connectivity index (χ1) is 22.2. The van der Waals surface area contributed by atoms with Crippen LogP contribution in [0, 0.1) is 12.1 Å². The van der Waals surface area contributed by atoms with E-state index in [4.69, 9.17) is 14.3 Å². The molecule has 2 aromatic carbocycles. The minimum absolute atomic E-state index is 0.0733. The van der Waals surface area contributed by atoms with Crippen molar-refractivity contribution in [2.75, 3.05) is 19.8 Å². The number of rotatable bonds is 11. The molecule has 254 valence electrons. The highest BCUT2D eigenvalue weighted by Crippen LogP contribution is 2.33. The SMILES string of the molecule is CCOC(=O)OC(C)O/N=[N+](\[O-])N1CCC[C@H]1COC(=O)NS(=O)(=O)c1ccc(-n2nc(C(F)(F)F)cc2-c2ccc(C)cc2)cc1. The molecule has 1 aliphatic heterocycles. The van der Waals surface area contributed by atoms with Crippen LogP contribution in [0.3, 0.4) is 0 Å². The summed E-state index contributed by atoms with van der Waals surface area (Å²) in [6.45, 7) is 4.62. The number of carbonyl (C=O) groups is 2.